The Labute approximate surface area is 174 Å². The van der Waals surface area contributed by atoms with Crippen LogP contribution < -0.4 is 5.32 Å². The van der Waals surface area contributed by atoms with Gasteiger partial charge in [-0.1, -0.05) is 12.1 Å². The van der Waals surface area contributed by atoms with Crippen LogP contribution in [0, 0.1) is 19.7 Å². The Morgan fingerprint density at radius 2 is 1.97 bits per heavy atom. The maximum absolute atomic E-state index is 13.9. The summed E-state index contributed by atoms with van der Waals surface area (Å²) in [7, 11) is 1.84. The van der Waals surface area contributed by atoms with Gasteiger partial charge in [-0.3, -0.25) is 9.78 Å². The molecular weight excluding hydrogens is 381 g/mol. The number of aromatic nitrogens is 4. The van der Waals surface area contributed by atoms with Crippen molar-refractivity contribution in [3.05, 3.63) is 101 Å². The second kappa shape index (κ2) is 7.94. The third-order valence-corrected chi connectivity index (χ3v) is 5.15. The first-order valence-electron chi connectivity index (χ1n) is 9.58. The lowest BCUT2D eigenvalue weighted by atomic mass is 10.0. The van der Waals surface area contributed by atoms with Gasteiger partial charge in [-0.2, -0.15) is 0 Å². The first kappa shape index (κ1) is 19.6. The fraction of sp³-hybridized carbons (Fsp3) is 0.174. The Morgan fingerprint density at radius 3 is 2.63 bits per heavy atom. The summed E-state index contributed by atoms with van der Waals surface area (Å²) in [5, 5.41) is 3.04. The van der Waals surface area contributed by atoms with Crippen molar-refractivity contribution in [2.24, 2.45) is 7.05 Å². The molecule has 0 bridgehead atoms. The molecule has 4 aromatic rings. The zero-order chi connectivity index (χ0) is 21.3. The summed E-state index contributed by atoms with van der Waals surface area (Å²) in [5.41, 5.74) is 3.78. The van der Waals surface area contributed by atoms with Crippen molar-refractivity contribution in [3.63, 3.8) is 0 Å². The zero-order valence-corrected chi connectivity index (χ0v) is 17.0. The molecule has 0 radical (unpaired) electrons. The monoisotopic (exact) mass is 403 g/mol. The lowest BCUT2D eigenvalue weighted by Gasteiger charge is -2.19. The van der Waals surface area contributed by atoms with Gasteiger partial charge in [-0.15, -0.1) is 0 Å². The summed E-state index contributed by atoms with van der Waals surface area (Å²) in [5.74, 6) is 0.00114. The quantitative estimate of drug-likeness (QED) is 0.550. The van der Waals surface area contributed by atoms with Crippen molar-refractivity contribution in [2.75, 3.05) is 0 Å². The van der Waals surface area contributed by atoms with E-state index in [-0.39, 0.29) is 11.7 Å². The molecule has 1 amide bonds. The molecule has 1 unspecified atom stereocenters. The Hall–Kier alpha value is -3.74. The zero-order valence-electron chi connectivity index (χ0n) is 17.0. The van der Waals surface area contributed by atoms with E-state index in [0.29, 0.717) is 17.0 Å². The highest BCUT2D eigenvalue weighted by Crippen LogP contribution is 2.24. The SMILES string of the molecule is Cc1cc(C(=O)NC(c2cccc(F)c2)c2nccn2C)c(C)n1-c1cccnc1. The molecule has 0 spiro atoms. The summed E-state index contributed by atoms with van der Waals surface area (Å²) in [6, 6.07) is 11.3. The molecule has 0 saturated carbocycles. The van der Waals surface area contributed by atoms with Gasteiger partial charge < -0.3 is 14.5 Å². The Bertz CT molecular complexity index is 1200. The van der Waals surface area contributed by atoms with E-state index in [4.69, 9.17) is 0 Å². The minimum absolute atomic E-state index is 0.254. The van der Waals surface area contributed by atoms with E-state index in [1.54, 1.807) is 36.9 Å². The topological polar surface area (TPSA) is 64.7 Å². The molecule has 0 aliphatic rings. The molecule has 4 rings (SSSR count). The predicted octanol–water partition coefficient (Wildman–Crippen LogP) is 3.88. The van der Waals surface area contributed by atoms with Crippen LogP contribution in [-0.4, -0.2) is 25.0 Å². The van der Waals surface area contributed by atoms with Crippen LogP contribution in [0.5, 0.6) is 0 Å². The van der Waals surface area contributed by atoms with E-state index in [9.17, 15) is 9.18 Å². The van der Waals surface area contributed by atoms with Crippen molar-refractivity contribution >= 4 is 5.91 Å². The van der Waals surface area contributed by atoms with Gasteiger partial charge in [0.2, 0.25) is 0 Å². The molecule has 0 aliphatic carbocycles. The summed E-state index contributed by atoms with van der Waals surface area (Å²) in [6.45, 7) is 3.84. The molecule has 1 N–H and O–H groups in total. The van der Waals surface area contributed by atoms with Crippen LogP contribution >= 0.6 is 0 Å². The number of imidazole rings is 1. The first-order valence-corrected chi connectivity index (χ1v) is 9.58. The highest BCUT2D eigenvalue weighted by Gasteiger charge is 2.24. The van der Waals surface area contributed by atoms with Crippen LogP contribution in [0.3, 0.4) is 0 Å². The maximum Gasteiger partial charge on any atom is 0.253 e. The number of rotatable bonds is 5. The largest absolute Gasteiger partial charge is 0.338 e. The molecule has 1 atom stereocenters. The van der Waals surface area contributed by atoms with Crippen molar-refractivity contribution in [2.45, 2.75) is 19.9 Å². The number of benzene rings is 1. The molecule has 6 nitrogen and oxygen atoms in total. The molecule has 0 aliphatic heterocycles. The molecule has 0 saturated heterocycles. The molecule has 3 heterocycles. The number of nitrogens with zero attached hydrogens (tertiary/aromatic N) is 4. The van der Waals surface area contributed by atoms with E-state index in [2.05, 4.69) is 15.3 Å². The Balaban J connectivity index is 1.71. The van der Waals surface area contributed by atoms with Crippen LogP contribution in [0.15, 0.2) is 67.3 Å². The van der Waals surface area contributed by atoms with Gasteiger partial charge in [0.1, 0.15) is 17.7 Å². The first-order chi connectivity index (χ1) is 14.5. The van der Waals surface area contributed by atoms with Crippen LogP contribution in [-0.2, 0) is 7.05 Å². The lowest BCUT2D eigenvalue weighted by Crippen LogP contribution is -2.31. The van der Waals surface area contributed by atoms with Crippen LogP contribution in [0.2, 0.25) is 0 Å². The number of amides is 1. The Morgan fingerprint density at radius 1 is 1.13 bits per heavy atom. The van der Waals surface area contributed by atoms with Crippen molar-refractivity contribution in [1.82, 2.24) is 24.4 Å². The fourth-order valence-electron chi connectivity index (χ4n) is 3.72. The fourth-order valence-corrected chi connectivity index (χ4v) is 3.72. The van der Waals surface area contributed by atoms with Gasteiger partial charge in [-0.05, 0) is 49.7 Å². The average Bonchev–Trinajstić information content (AvgIpc) is 3.29. The highest BCUT2D eigenvalue weighted by atomic mass is 19.1. The molecule has 30 heavy (non-hydrogen) atoms. The smallest absolute Gasteiger partial charge is 0.253 e. The number of halogens is 1. The van der Waals surface area contributed by atoms with Gasteiger partial charge >= 0.3 is 0 Å². The van der Waals surface area contributed by atoms with E-state index < -0.39 is 6.04 Å². The van der Waals surface area contributed by atoms with Gasteiger partial charge in [0, 0.05) is 37.0 Å². The van der Waals surface area contributed by atoms with E-state index in [1.165, 1.54) is 12.1 Å². The van der Waals surface area contributed by atoms with Crippen LogP contribution in [0.1, 0.15) is 39.2 Å². The second-order valence-corrected chi connectivity index (χ2v) is 7.19. The molecule has 7 heteroatoms. The van der Waals surface area contributed by atoms with Crippen molar-refractivity contribution in [3.8, 4) is 5.69 Å². The highest BCUT2D eigenvalue weighted by molar-refractivity contribution is 5.96. The summed E-state index contributed by atoms with van der Waals surface area (Å²) >= 11 is 0. The molecule has 1 aromatic carbocycles. The predicted molar refractivity (Wildman–Crippen MR) is 112 cm³/mol. The number of aryl methyl sites for hydroxylation is 2. The third-order valence-electron chi connectivity index (χ3n) is 5.15. The van der Waals surface area contributed by atoms with Gasteiger partial charge in [-0.25, -0.2) is 9.37 Å². The standard InChI is InChI=1S/C23H22FN5O/c1-15-12-20(16(2)29(15)19-8-5-9-25-14-19)23(30)27-21(22-26-10-11-28(22)3)17-6-4-7-18(24)13-17/h4-14,21H,1-3H3,(H,27,30). The summed E-state index contributed by atoms with van der Waals surface area (Å²) in [4.78, 5) is 21.8. The van der Waals surface area contributed by atoms with E-state index in [0.717, 1.165) is 17.1 Å². The van der Waals surface area contributed by atoms with Gasteiger partial charge in [0.15, 0.2) is 0 Å². The van der Waals surface area contributed by atoms with Gasteiger partial charge in [0.05, 0.1) is 17.4 Å². The van der Waals surface area contributed by atoms with E-state index >= 15 is 0 Å². The molecule has 3 aromatic heterocycles. The number of pyridine rings is 1. The third kappa shape index (κ3) is 3.61. The summed E-state index contributed by atoms with van der Waals surface area (Å²) < 4.78 is 17.7. The lowest BCUT2D eigenvalue weighted by molar-refractivity contribution is 0.0940. The van der Waals surface area contributed by atoms with Crippen molar-refractivity contribution in [1.29, 1.82) is 0 Å². The molecular formula is C23H22FN5O. The number of nitrogens with one attached hydrogen (secondary N) is 1. The number of hydrogen-bond donors (Lipinski definition) is 1. The normalized spacial score (nSPS) is 12.0. The summed E-state index contributed by atoms with van der Waals surface area (Å²) in [6.07, 6.45) is 6.91. The number of carbonyl (C=O) groups excluding carboxylic acids is 1. The minimum Gasteiger partial charge on any atom is -0.338 e. The van der Waals surface area contributed by atoms with Crippen LogP contribution in [0.25, 0.3) is 5.69 Å². The second-order valence-electron chi connectivity index (χ2n) is 7.19. The maximum atomic E-state index is 13.9. The Kier molecular flexibility index (Phi) is 5.18. The van der Waals surface area contributed by atoms with E-state index in [1.807, 2.05) is 48.2 Å². The van der Waals surface area contributed by atoms with Crippen molar-refractivity contribution < 1.29 is 9.18 Å². The average molecular weight is 403 g/mol. The molecule has 152 valence electrons. The number of carbonyl (C=O) groups is 1. The van der Waals surface area contributed by atoms with Gasteiger partial charge in [0.25, 0.3) is 5.91 Å². The minimum atomic E-state index is -0.588. The molecule has 0 fully saturated rings. The number of hydrogen-bond acceptors (Lipinski definition) is 3. The van der Waals surface area contributed by atoms with Crippen LogP contribution in [0.4, 0.5) is 4.39 Å².